The van der Waals surface area contributed by atoms with Crippen LogP contribution in [0.25, 0.3) is 11.1 Å². The first-order chi connectivity index (χ1) is 13.0. The highest BCUT2D eigenvalue weighted by atomic mass is 14.6. The van der Waals surface area contributed by atoms with E-state index >= 15 is 0 Å². The second kappa shape index (κ2) is 7.46. The predicted octanol–water partition coefficient (Wildman–Crippen LogP) is 8.12. The lowest BCUT2D eigenvalue weighted by Gasteiger charge is -2.36. The Bertz CT molecular complexity index is 792. The van der Waals surface area contributed by atoms with Crippen LogP contribution in [-0.4, -0.2) is 0 Å². The highest BCUT2D eigenvalue weighted by molar-refractivity contribution is 5.84. The molecule has 27 heavy (non-hydrogen) atoms. The summed E-state index contributed by atoms with van der Waals surface area (Å²) in [5, 5.41) is 0. The number of rotatable bonds is 0. The van der Waals surface area contributed by atoms with Crippen LogP contribution in [0.4, 0.5) is 0 Å². The van der Waals surface area contributed by atoms with Gasteiger partial charge in [0.1, 0.15) is 0 Å². The van der Waals surface area contributed by atoms with Gasteiger partial charge in [0.05, 0.1) is 0 Å². The first-order valence-corrected chi connectivity index (χ1v) is 11.3. The average Bonchev–Trinajstić information content (AvgIpc) is 3.38. The lowest BCUT2D eigenvalue weighted by Crippen LogP contribution is -2.31. The van der Waals surface area contributed by atoms with E-state index in [2.05, 4.69) is 63.2 Å². The average molecular weight is 363 g/mol. The van der Waals surface area contributed by atoms with Gasteiger partial charge in [0.15, 0.2) is 0 Å². The molecular weight excluding hydrogens is 324 g/mol. The van der Waals surface area contributed by atoms with Crippen molar-refractivity contribution >= 4 is 0 Å². The topological polar surface area (TPSA) is 0 Å². The van der Waals surface area contributed by atoms with Crippen LogP contribution in [0.2, 0.25) is 0 Å². The van der Waals surface area contributed by atoms with Crippen LogP contribution in [0, 0.1) is 11.8 Å². The summed E-state index contributed by atoms with van der Waals surface area (Å²) in [5.41, 5.74) is 8.44. The maximum absolute atomic E-state index is 2.45. The molecule has 0 saturated heterocycles. The first kappa shape index (κ1) is 20.2. The third-order valence-corrected chi connectivity index (χ3v) is 6.88. The summed E-state index contributed by atoms with van der Waals surface area (Å²) in [6.45, 7) is 15.1. The van der Waals surface area contributed by atoms with Crippen molar-refractivity contribution in [1.29, 1.82) is 0 Å². The van der Waals surface area contributed by atoms with E-state index < -0.39 is 0 Å². The van der Waals surface area contributed by atoms with Crippen molar-refractivity contribution < 1.29 is 0 Å². The molecule has 2 aromatic rings. The van der Waals surface area contributed by atoms with E-state index in [-0.39, 0.29) is 5.41 Å². The number of hydrogen-bond donors (Lipinski definition) is 0. The van der Waals surface area contributed by atoms with Crippen molar-refractivity contribution in [3.63, 3.8) is 0 Å². The maximum atomic E-state index is 2.45. The summed E-state index contributed by atoms with van der Waals surface area (Å²) in [4.78, 5) is 0. The Labute approximate surface area is 167 Å². The van der Waals surface area contributed by atoms with E-state index in [0.717, 1.165) is 11.8 Å². The summed E-state index contributed by atoms with van der Waals surface area (Å²) in [6.07, 6.45) is 5.73. The van der Waals surface area contributed by atoms with E-state index in [1.54, 1.807) is 16.7 Å². The fourth-order valence-corrected chi connectivity index (χ4v) is 6.06. The van der Waals surface area contributed by atoms with Gasteiger partial charge in [0, 0.05) is 5.41 Å². The van der Waals surface area contributed by atoms with Gasteiger partial charge in [0.25, 0.3) is 0 Å². The Kier molecular flexibility index (Phi) is 5.57. The third-order valence-electron chi connectivity index (χ3n) is 6.88. The first-order valence-electron chi connectivity index (χ1n) is 11.3. The Morgan fingerprint density at radius 1 is 0.815 bits per heavy atom. The van der Waals surface area contributed by atoms with E-state index in [1.807, 2.05) is 27.7 Å². The quantitative estimate of drug-likeness (QED) is 0.444. The number of benzene rings is 2. The zero-order chi connectivity index (χ0) is 19.8. The molecule has 2 saturated carbocycles. The molecule has 0 heterocycles. The van der Waals surface area contributed by atoms with E-state index in [9.17, 15) is 0 Å². The molecule has 0 heteroatoms. The zero-order valence-electron chi connectivity index (χ0n) is 18.5. The highest BCUT2D eigenvalue weighted by Gasteiger charge is 2.57. The minimum Gasteiger partial charge on any atom is -0.0683 e. The van der Waals surface area contributed by atoms with Crippen molar-refractivity contribution in [3.8, 4) is 11.1 Å². The molecule has 0 amide bonds. The predicted molar refractivity (Wildman–Crippen MR) is 120 cm³/mol. The molecule has 146 valence electrons. The molecule has 2 fully saturated rings. The largest absolute Gasteiger partial charge is 0.0683 e. The molecule has 0 N–H and O–H groups in total. The molecule has 3 atom stereocenters. The van der Waals surface area contributed by atoms with Crippen molar-refractivity contribution in [3.05, 3.63) is 59.2 Å². The highest BCUT2D eigenvalue weighted by Crippen LogP contribution is 2.66. The van der Waals surface area contributed by atoms with Gasteiger partial charge in [-0.1, -0.05) is 97.4 Å². The Morgan fingerprint density at radius 3 is 2.07 bits per heavy atom. The van der Waals surface area contributed by atoms with E-state index in [4.69, 9.17) is 0 Å². The van der Waals surface area contributed by atoms with Crippen LogP contribution in [0.15, 0.2) is 42.5 Å². The smallest absolute Gasteiger partial charge is 0.0246 e. The van der Waals surface area contributed by atoms with Crippen molar-refractivity contribution in [2.75, 3.05) is 0 Å². The number of fused-ring (bicyclic) bond motifs is 8. The van der Waals surface area contributed by atoms with Gasteiger partial charge < -0.3 is 0 Å². The molecule has 0 aliphatic heterocycles. The monoisotopic (exact) mass is 362 g/mol. The summed E-state index contributed by atoms with van der Waals surface area (Å²) in [5.74, 6) is 1.82. The Morgan fingerprint density at radius 2 is 1.48 bits per heavy atom. The SMILES string of the molecule is CC.CC.CC(C)(C)c1cccc2c1-c1ccccc1C21CC2CCC1C2. The Hall–Kier alpha value is -1.56. The maximum Gasteiger partial charge on any atom is 0.0246 e. The van der Waals surface area contributed by atoms with Crippen LogP contribution in [0.1, 0.15) is 90.8 Å². The van der Waals surface area contributed by atoms with Crippen LogP contribution in [0.3, 0.4) is 0 Å². The second-order valence-electron chi connectivity index (χ2n) is 9.08. The fraction of sp³-hybridized carbons (Fsp3) is 0.556. The van der Waals surface area contributed by atoms with Crippen molar-refractivity contribution in [1.82, 2.24) is 0 Å². The molecule has 0 aromatic heterocycles. The van der Waals surface area contributed by atoms with Gasteiger partial charge in [-0.05, 0) is 64.3 Å². The Balaban J connectivity index is 0.000000495. The molecule has 3 unspecified atom stereocenters. The zero-order valence-corrected chi connectivity index (χ0v) is 18.5. The molecule has 0 radical (unpaired) electrons. The lowest BCUT2D eigenvalue weighted by molar-refractivity contribution is 0.327. The van der Waals surface area contributed by atoms with Crippen LogP contribution in [0.5, 0.6) is 0 Å². The van der Waals surface area contributed by atoms with Gasteiger partial charge in [0.2, 0.25) is 0 Å². The van der Waals surface area contributed by atoms with Gasteiger partial charge >= 0.3 is 0 Å². The van der Waals surface area contributed by atoms with E-state index in [1.165, 1.54) is 36.8 Å². The lowest BCUT2D eigenvalue weighted by atomic mass is 9.66. The molecule has 3 aliphatic carbocycles. The standard InChI is InChI=1S/C23H26.2C2H6/c1-22(2,3)19-9-6-10-20-21(19)17-7-4-5-8-18(17)23(20)14-15-11-12-16(23)13-15;2*1-2/h4-10,15-16H,11-14H2,1-3H3;2*1-2H3. The normalized spacial score (nSPS) is 26.6. The number of hydrogen-bond acceptors (Lipinski definition) is 0. The van der Waals surface area contributed by atoms with Gasteiger partial charge in [-0.2, -0.15) is 0 Å². The van der Waals surface area contributed by atoms with E-state index in [0.29, 0.717) is 5.41 Å². The summed E-state index contributed by atoms with van der Waals surface area (Å²) in [7, 11) is 0. The van der Waals surface area contributed by atoms with Gasteiger partial charge in [-0.25, -0.2) is 0 Å². The minimum absolute atomic E-state index is 0.196. The fourth-order valence-electron chi connectivity index (χ4n) is 6.06. The molecule has 2 aromatic carbocycles. The molecule has 5 rings (SSSR count). The molecule has 1 spiro atoms. The molecule has 2 bridgehead atoms. The summed E-state index contributed by atoms with van der Waals surface area (Å²) in [6, 6.07) is 16.4. The van der Waals surface area contributed by atoms with Gasteiger partial charge in [-0.15, -0.1) is 0 Å². The van der Waals surface area contributed by atoms with Crippen LogP contribution < -0.4 is 0 Å². The molecular formula is C27H38. The van der Waals surface area contributed by atoms with Crippen LogP contribution in [-0.2, 0) is 10.8 Å². The van der Waals surface area contributed by atoms with Gasteiger partial charge in [-0.3, -0.25) is 0 Å². The van der Waals surface area contributed by atoms with Crippen LogP contribution >= 0.6 is 0 Å². The van der Waals surface area contributed by atoms with Crippen molar-refractivity contribution in [2.45, 2.75) is 85.0 Å². The second-order valence-corrected chi connectivity index (χ2v) is 9.08. The molecule has 3 aliphatic rings. The minimum atomic E-state index is 0.196. The molecule has 0 nitrogen and oxygen atoms in total. The summed E-state index contributed by atoms with van der Waals surface area (Å²) < 4.78 is 0. The third kappa shape index (κ3) is 2.87. The van der Waals surface area contributed by atoms with Crippen molar-refractivity contribution in [2.24, 2.45) is 11.8 Å². The summed E-state index contributed by atoms with van der Waals surface area (Å²) >= 11 is 0.